The first-order valence-corrected chi connectivity index (χ1v) is 21.4. The normalized spacial score (nSPS) is 12.4. The highest BCUT2D eigenvalue weighted by Crippen LogP contribution is 2.46. The number of hydrogen-bond acceptors (Lipinski definition) is 1. The highest BCUT2D eigenvalue weighted by molar-refractivity contribution is 7.26. The summed E-state index contributed by atoms with van der Waals surface area (Å²) >= 11 is 1.93. The van der Waals surface area contributed by atoms with E-state index in [1.165, 1.54) is 91.5 Å². The van der Waals surface area contributed by atoms with E-state index in [1.54, 1.807) is 0 Å². The van der Waals surface area contributed by atoms with Gasteiger partial charge in [0.05, 0.1) is 41.5 Å². The van der Waals surface area contributed by atoms with Crippen LogP contribution in [0.25, 0.3) is 86.3 Å². The zero-order valence-corrected chi connectivity index (χ0v) is 29.6. The predicted octanol–water partition coefficient (Wildman–Crippen LogP) is 12.5. The van der Waals surface area contributed by atoms with Crippen molar-refractivity contribution in [3.05, 3.63) is 152 Å². The molecule has 0 amide bonds. The standard InChI is InChI=1S/C45H34N2SSi/c1-49(2,3)41-28-40-43(34-21-10-14-27-39(34)48-40)42(29-16-5-4-6-17-29)45(41)47-37-25-13-9-20-32(37)33-22-15-26-38(44(33)47)46-35-23-11-7-18-30(35)31-19-8-12-24-36(31)46/h4-28H,1-3H3. The molecule has 3 aromatic heterocycles. The number of nitrogens with zero attached hydrogens (tertiary/aromatic N) is 2. The lowest BCUT2D eigenvalue weighted by molar-refractivity contribution is 1.14. The van der Waals surface area contributed by atoms with Crippen LogP contribution < -0.4 is 5.19 Å². The zero-order chi connectivity index (χ0) is 32.9. The Labute approximate surface area is 290 Å². The molecule has 0 saturated carbocycles. The Morgan fingerprint density at radius 1 is 0.469 bits per heavy atom. The molecule has 10 rings (SSSR count). The predicted molar refractivity (Wildman–Crippen MR) is 216 cm³/mol. The fraction of sp³-hybridized carbons (Fsp3) is 0.0667. The van der Waals surface area contributed by atoms with Gasteiger partial charge in [-0.2, -0.15) is 0 Å². The first-order valence-electron chi connectivity index (χ1n) is 17.0. The van der Waals surface area contributed by atoms with Gasteiger partial charge < -0.3 is 9.13 Å². The summed E-state index contributed by atoms with van der Waals surface area (Å²) in [7, 11) is -1.93. The molecule has 0 aliphatic rings. The van der Waals surface area contributed by atoms with Gasteiger partial charge in [0.25, 0.3) is 0 Å². The Hall–Kier alpha value is -5.42. The number of hydrogen-bond donors (Lipinski definition) is 0. The molecule has 0 N–H and O–H groups in total. The average Bonchev–Trinajstić information content (AvgIpc) is 3.79. The number of aromatic nitrogens is 2. The third-order valence-corrected chi connectivity index (χ3v) is 13.3. The molecule has 4 heteroatoms. The molecule has 2 nitrogen and oxygen atoms in total. The maximum absolute atomic E-state index is 2.64. The smallest absolute Gasteiger partial charge is 0.0804 e. The second kappa shape index (κ2) is 10.5. The summed E-state index contributed by atoms with van der Waals surface area (Å²) in [5, 5.41) is 9.25. The molecule has 10 aromatic rings. The molecule has 49 heavy (non-hydrogen) atoms. The largest absolute Gasteiger partial charge is 0.307 e. The van der Waals surface area contributed by atoms with Crippen LogP contribution in [-0.2, 0) is 0 Å². The summed E-state index contributed by atoms with van der Waals surface area (Å²) in [5.74, 6) is 0. The van der Waals surface area contributed by atoms with Crippen LogP contribution in [0.1, 0.15) is 0 Å². The minimum atomic E-state index is -1.93. The van der Waals surface area contributed by atoms with Crippen molar-refractivity contribution in [2.75, 3.05) is 0 Å². The van der Waals surface area contributed by atoms with E-state index in [1.807, 2.05) is 11.3 Å². The minimum absolute atomic E-state index is 1.20. The van der Waals surface area contributed by atoms with Crippen molar-refractivity contribution in [2.45, 2.75) is 19.6 Å². The second-order valence-corrected chi connectivity index (χ2v) is 20.3. The summed E-state index contributed by atoms with van der Waals surface area (Å²) in [6.45, 7) is 7.50. The summed E-state index contributed by atoms with van der Waals surface area (Å²) in [6, 6.07) is 56.2. The first kappa shape index (κ1) is 28.6. The van der Waals surface area contributed by atoms with Crippen LogP contribution in [0.2, 0.25) is 19.6 Å². The Bertz CT molecular complexity index is 2860. The van der Waals surface area contributed by atoms with E-state index < -0.39 is 8.07 Å². The topological polar surface area (TPSA) is 9.86 Å². The molecule has 0 aliphatic heterocycles. The molecule has 0 saturated heterocycles. The lowest BCUT2D eigenvalue weighted by atomic mass is 9.97. The molecule has 3 heterocycles. The van der Waals surface area contributed by atoms with Gasteiger partial charge in [-0.3, -0.25) is 0 Å². The number of benzene rings is 7. The van der Waals surface area contributed by atoms with Crippen molar-refractivity contribution in [1.82, 2.24) is 9.13 Å². The lowest BCUT2D eigenvalue weighted by Gasteiger charge is -2.27. The van der Waals surface area contributed by atoms with Crippen LogP contribution in [0.3, 0.4) is 0 Å². The van der Waals surface area contributed by atoms with E-state index in [-0.39, 0.29) is 0 Å². The van der Waals surface area contributed by atoms with E-state index in [0.29, 0.717) is 0 Å². The van der Waals surface area contributed by atoms with Crippen LogP contribution in [0.4, 0.5) is 0 Å². The lowest BCUT2D eigenvalue weighted by Crippen LogP contribution is -2.40. The molecular formula is C45H34N2SSi. The van der Waals surface area contributed by atoms with Crippen molar-refractivity contribution < 1.29 is 0 Å². The molecule has 0 fully saturated rings. The van der Waals surface area contributed by atoms with Crippen molar-refractivity contribution in [3.8, 4) is 22.5 Å². The van der Waals surface area contributed by atoms with Gasteiger partial charge in [0.1, 0.15) is 0 Å². The van der Waals surface area contributed by atoms with E-state index in [2.05, 4.69) is 180 Å². The summed E-state index contributed by atoms with van der Waals surface area (Å²) in [6.07, 6.45) is 0. The van der Waals surface area contributed by atoms with Crippen LogP contribution >= 0.6 is 11.3 Å². The molecule has 0 unspecified atom stereocenters. The summed E-state index contributed by atoms with van der Waals surface area (Å²) < 4.78 is 7.84. The van der Waals surface area contributed by atoms with E-state index in [9.17, 15) is 0 Å². The molecule has 7 aromatic carbocycles. The quantitative estimate of drug-likeness (QED) is 0.166. The van der Waals surface area contributed by atoms with Gasteiger partial charge in [-0.25, -0.2) is 0 Å². The van der Waals surface area contributed by atoms with Gasteiger partial charge in [0, 0.05) is 47.3 Å². The third-order valence-electron chi connectivity index (χ3n) is 10.2. The van der Waals surface area contributed by atoms with E-state index >= 15 is 0 Å². The SMILES string of the molecule is C[Si](C)(C)c1cc2sc3ccccc3c2c(-c2ccccc2)c1-n1c2ccccc2c2cccc(-n3c4ccccc4c4ccccc43)c21. The fourth-order valence-electron chi connectivity index (χ4n) is 8.16. The Kier molecular flexibility index (Phi) is 6.15. The number of para-hydroxylation sites is 4. The number of thiophene rings is 1. The average molecular weight is 663 g/mol. The molecule has 0 spiro atoms. The summed E-state index contributed by atoms with van der Waals surface area (Å²) in [5.41, 5.74) is 10.0. The van der Waals surface area contributed by atoms with Gasteiger partial charge >= 0.3 is 0 Å². The maximum Gasteiger partial charge on any atom is 0.0804 e. The molecule has 0 bridgehead atoms. The second-order valence-electron chi connectivity index (χ2n) is 14.1. The molecule has 0 radical (unpaired) electrons. The molecule has 234 valence electrons. The van der Waals surface area contributed by atoms with Gasteiger partial charge in [-0.1, -0.05) is 135 Å². The molecule has 0 aliphatic carbocycles. The highest BCUT2D eigenvalue weighted by Gasteiger charge is 2.30. The van der Waals surface area contributed by atoms with Gasteiger partial charge in [-0.05, 0) is 47.1 Å². The van der Waals surface area contributed by atoms with Crippen molar-refractivity contribution in [3.63, 3.8) is 0 Å². The first-order chi connectivity index (χ1) is 24.0. The van der Waals surface area contributed by atoms with Crippen LogP contribution in [0, 0.1) is 0 Å². The monoisotopic (exact) mass is 662 g/mol. The van der Waals surface area contributed by atoms with Crippen molar-refractivity contribution in [1.29, 1.82) is 0 Å². The van der Waals surface area contributed by atoms with Crippen LogP contribution in [0.5, 0.6) is 0 Å². The Balaban J connectivity index is 1.48. The Morgan fingerprint density at radius 3 is 1.65 bits per heavy atom. The number of fused-ring (bicyclic) bond motifs is 9. The third kappa shape index (κ3) is 4.11. The van der Waals surface area contributed by atoms with Crippen molar-refractivity contribution >= 4 is 88.4 Å². The molecule has 0 atom stereocenters. The van der Waals surface area contributed by atoms with Gasteiger partial charge in [0.15, 0.2) is 0 Å². The van der Waals surface area contributed by atoms with Gasteiger partial charge in [-0.15, -0.1) is 11.3 Å². The fourth-order valence-corrected chi connectivity index (χ4v) is 10.9. The maximum atomic E-state index is 2.64. The Morgan fingerprint density at radius 2 is 1.00 bits per heavy atom. The van der Waals surface area contributed by atoms with E-state index in [0.717, 1.165) is 0 Å². The summed E-state index contributed by atoms with van der Waals surface area (Å²) in [4.78, 5) is 0. The number of rotatable bonds is 4. The molecular weight excluding hydrogens is 629 g/mol. The highest BCUT2D eigenvalue weighted by atomic mass is 32.1. The van der Waals surface area contributed by atoms with E-state index in [4.69, 9.17) is 0 Å². The van der Waals surface area contributed by atoms with Crippen LogP contribution in [0.15, 0.2) is 152 Å². The van der Waals surface area contributed by atoms with Crippen molar-refractivity contribution in [2.24, 2.45) is 0 Å². The minimum Gasteiger partial charge on any atom is -0.307 e. The van der Waals surface area contributed by atoms with Crippen LogP contribution in [-0.4, -0.2) is 17.2 Å². The van der Waals surface area contributed by atoms with Gasteiger partial charge in [0.2, 0.25) is 0 Å². The zero-order valence-electron chi connectivity index (χ0n) is 27.7.